The first kappa shape index (κ1) is 8.57. The molecule has 0 unspecified atom stereocenters. The van der Waals surface area contributed by atoms with Gasteiger partial charge in [-0.1, -0.05) is 0 Å². The Labute approximate surface area is 64.2 Å². The summed E-state index contributed by atoms with van der Waals surface area (Å²) < 4.78 is 35.6. The first-order valence-corrected chi connectivity index (χ1v) is 2.83. The van der Waals surface area contributed by atoms with Crippen molar-refractivity contribution >= 4 is 5.82 Å². The molecule has 0 amide bonds. The SMILES string of the molecule is Nc1cc(=O)[nH]c(C(F)(F)F)n1. The summed E-state index contributed by atoms with van der Waals surface area (Å²) in [6.07, 6.45) is -4.67. The molecule has 0 fully saturated rings. The highest BCUT2D eigenvalue weighted by Crippen LogP contribution is 2.25. The van der Waals surface area contributed by atoms with Gasteiger partial charge in [0.25, 0.3) is 5.56 Å². The summed E-state index contributed by atoms with van der Waals surface area (Å²) in [7, 11) is 0. The number of aromatic nitrogens is 2. The number of aromatic amines is 1. The van der Waals surface area contributed by atoms with E-state index in [1.165, 1.54) is 4.98 Å². The minimum Gasteiger partial charge on any atom is -0.383 e. The number of nitrogens with two attached hydrogens (primary N) is 1. The van der Waals surface area contributed by atoms with Gasteiger partial charge in [0.05, 0.1) is 0 Å². The summed E-state index contributed by atoms with van der Waals surface area (Å²) in [4.78, 5) is 14.9. The molecule has 3 N–H and O–H groups in total. The van der Waals surface area contributed by atoms with Crippen LogP contribution >= 0.6 is 0 Å². The van der Waals surface area contributed by atoms with Crippen LogP contribution < -0.4 is 11.3 Å². The highest BCUT2D eigenvalue weighted by Gasteiger charge is 2.34. The monoisotopic (exact) mass is 179 g/mol. The van der Waals surface area contributed by atoms with E-state index in [9.17, 15) is 18.0 Å². The fourth-order valence-corrected chi connectivity index (χ4v) is 0.611. The van der Waals surface area contributed by atoms with Crippen LogP contribution in [0.5, 0.6) is 0 Å². The van der Waals surface area contributed by atoms with Crippen molar-refractivity contribution in [3.05, 3.63) is 22.2 Å². The standard InChI is InChI=1S/C5H4F3N3O/c6-5(7,8)4-10-2(9)1-3(12)11-4/h1H,(H3,9,10,11,12). The van der Waals surface area contributed by atoms with Gasteiger partial charge in [-0.05, 0) is 0 Å². The predicted octanol–water partition coefficient (Wildman–Crippen LogP) is 0.371. The number of alkyl halides is 3. The van der Waals surface area contributed by atoms with Crippen molar-refractivity contribution in [3.8, 4) is 0 Å². The molecule has 7 heteroatoms. The smallest absolute Gasteiger partial charge is 0.383 e. The Balaban J connectivity index is 3.27. The van der Waals surface area contributed by atoms with Crippen LogP contribution in [0.25, 0.3) is 0 Å². The molecular formula is C5H4F3N3O. The van der Waals surface area contributed by atoms with Crippen LogP contribution in [0.3, 0.4) is 0 Å². The second-order valence-electron chi connectivity index (χ2n) is 2.02. The quantitative estimate of drug-likeness (QED) is 0.604. The molecule has 0 aromatic carbocycles. The maximum Gasteiger partial charge on any atom is 0.449 e. The summed E-state index contributed by atoms with van der Waals surface area (Å²) in [6, 6.07) is 0.773. The minimum atomic E-state index is -4.67. The van der Waals surface area contributed by atoms with E-state index in [1.54, 1.807) is 0 Å². The van der Waals surface area contributed by atoms with Crippen molar-refractivity contribution < 1.29 is 13.2 Å². The highest BCUT2D eigenvalue weighted by atomic mass is 19.4. The number of nitrogen functional groups attached to an aromatic ring is 1. The van der Waals surface area contributed by atoms with Gasteiger partial charge in [-0.2, -0.15) is 13.2 Å². The van der Waals surface area contributed by atoms with Crippen LogP contribution in [0.4, 0.5) is 19.0 Å². The van der Waals surface area contributed by atoms with Crippen LogP contribution in [0.2, 0.25) is 0 Å². The van der Waals surface area contributed by atoms with Gasteiger partial charge < -0.3 is 10.7 Å². The summed E-state index contributed by atoms with van der Waals surface area (Å²) in [5, 5.41) is 0. The van der Waals surface area contributed by atoms with Crippen LogP contribution in [-0.2, 0) is 6.18 Å². The van der Waals surface area contributed by atoms with Crippen LogP contribution in [0.1, 0.15) is 5.82 Å². The minimum absolute atomic E-state index is 0.453. The van der Waals surface area contributed by atoms with Crippen molar-refractivity contribution in [1.82, 2.24) is 9.97 Å². The Morgan fingerprint density at radius 1 is 1.50 bits per heavy atom. The van der Waals surface area contributed by atoms with Gasteiger partial charge in [0.15, 0.2) is 0 Å². The number of hydrogen-bond acceptors (Lipinski definition) is 3. The van der Waals surface area contributed by atoms with Gasteiger partial charge >= 0.3 is 6.18 Å². The first-order valence-electron chi connectivity index (χ1n) is 2.83. The Hall–Kier alpha value is -1.53. The topological polar surface area (TPSA) is 71.8 Å². The number of rotatable bonds is 0. The largest absolute Gasteiger partial charge is 0.449 e. The highest BCUT2D eigenvalue weighted by molar-refractivity contribution is 5.25. The van der Waals surface area contributed by atoms with Crippen molar-refractivity contribution in [3.63, 3.8) is 0 Å². The number of H-pyrrole nitrogens is 1. The van der Waals surface area contributed by atoms with Gasteiger partial charge in [-0.3, -0.25) is 4.79 Å². The lowest BCUT2D eigenvalue weighted by molar-refractivity contribution is -0.145. The zero-order chi connectivity index (χ0) is 9.35. The number of nitrogens with one attached hydrogen (secondary N) is 1. The van der Waals surface area contributed by atoms with E-state index in [4.69, 9.17) is 5.73 Å². The van der Waals surface area contributed by atoms with Crippen molar-refractivity contribution in [2.75, 3.05) is 5.73 Å². The molecule has 1 aromatic rings. The molecule has 0 spiro atoms. The van der Waals surface area contributed by atoms with E-state index < -0.39 is 23.4 Å². The fourth-order valence-electron chi connectivity index (χ4n) is 0.611. The van der Waals surface area contributed by atoms with Gasteiger partial charge in [0.2, 0.25) is 5.82 Å². The van der Waals surface area contributed by atoms with E-state index in [2.05, 4.69) is 4.98 Å². The van der Waals surface area contributed by atoms with E-state index in [0.717, 1.165) is 6.07 Å². The molecule has 0 atom stereocenters. The van der Waals surface area contributed by atoms with Crippen molar-refractivity contribution in [1.29, 1.82) is 0 Å². The average molecular weight is 179 g/mol. The second kappa shape index (κ2) is 2.50. The summed E-state index contributed by atoms with van der Waals surface area (Å²) in [5.74, 6) is -1.83. The summed E-state index contributed by atoms with van der Waals surface area (Å²) in [6.45, 7) is 0. The van der Waals surface area contributed by atoms with Crippen LogP contribution in [0, 0.1) is 0 Å². The lowest BCUT2D eigenvalue weighted by Crippen LogP contribution is -2.19. The fraction of sp³-hybridized carbons (Fsp3) is 0.200. The molecule has 4 nitrogen and oxygen atoms in total. The third kappa shape index (κ3) is 1.74. The average Bonchev–Trinajstić information content (AvgIpc) is 1.82. The zero-order valence-electron chi connectivity index (χ0n) is 5.64. The van der Waals surface area contributed by atoms with E-state index in [-0.39, 0.29) is 0 Å². The molecule has 0 aliphatic rings. The molecular weight excluding hydrogens is 175 g/mol. The lowest BCUT2D eigenvalue weighted by Gasteiger charge is -2.04. The van der Waals surface area contributed by atoms with Gasteiger partial charge in [-0.15, -0.1) is 0 Å². The van der Waals surface area contributed by atoms with Crippen LogP contribution in [0.15, 0.2) is 10.9 Å². The van der Waals surface area contributed by atoms with Gasteiger partial charge in [0.1, 0.15) is 5.82 Å². The molecule has 12 heavy (non-hydrogen) atoms. The van der Waals surface area contributed by atoms with Crippen molar-refractivity contribution in [2.24, 2.45) is 0 Å². The number of halogens is 3. The van der Waals surface area contributed by atoms with E-state index in [0.29, 0.717) is 0 Å². The number of anilines is 1. The van der Waals surface area contributed by atoms with Crippen LogP contribution in [-0.4, -0.2) is 9.97 Å². The Kier molecular flexibility index (Phi) is 1.79. The van der Waals surface area contributed by atoms with Gasteiger partial charge in [-0.25, -0.2) is 4.98 Å². The molecule has 0 bridgehead atoms. The van der Waals surface area contributed by atoms with Gasteiger partial charge in [0, 0.05) is 6.07 Å². The number of nitrogens with zero attached hydrogens (tertiary/aromatic N) is 1. The third-order valence-electron chi connectivity index (χ3n) is 1.03. The Morgan fingerprint density at radius 3 is 2.50 bits per heavy atom. The Morgan fingerprint density at radius 2 is 2.08 bits per heavy atom. The molecule has 0 aliphatic heterocycles. The zero-order valence-corrected chi connectivity index (χ0v) is 5.64. The maximum absolute atomic E-state index is 11.9. The first-order chi connectivity index (χ1) is 5.39. The molecule has 66 valence electrons. The number of hydrogen-bond donors (Lipinski definition) is 2. The molecule has 0 radical (unpaired) electrons. The second-order valence-corrected chi connectivity index (χ2v) is 2.02. The molecule has 1 heterocycles. The van der Waals surface area contributed by atoms with Crippen molar-refractivity contribution in [2.45, 2.75) is 6.18 Å². The summed E-state index contributed by atoms with van der Waals surface area (Å²) >= 11 is 0. The molecule has 1 rings (SSSR count). The summed E-state index contributed by atoms with van der Waals surface area (Å²) in [5.41, 5.74) is 4.00. The van der Waals surface area contributed by atoms with E-state index >= 15 is 0 Å². The molecule has 0 saturated heterocycles. The van der Waals surface area contributed by atoms with E-state index in [1.807, 2.05) is 0 Å². The maximum atomic E-state index is 11.9. The predicted molar refractivity (Wildman–Crippen MR) is 34.3 cm³/mol. The Bertz CT molecular complexity index is 343. The lowest BCUT2D eigenvalue weighted by atomic mass is 10.5. The molecule has 0 aliphatic carbocycles. The third-order valence-corrected chi connectivity index (χ3v) is 1.03. The molecule has 1 aromatic heterocycles. The molecule has 0 saturated carbocycles. The normalized spacial score (nSPS) is 11.6.